The van der Waals surface area contributed by atoms with Crippen LogP contribution in [0.5, 0.6) is 0 Å². The second kappa shape index (κ2) is 5.39. The van der Waals surface area contributed by atoms with Crippen LogP contribution in [0.2, 0.25) is 0 Å². The van der Waals surface area contributed by atoms with E-state index in [2.05, 4.69) is 8.65 Å². The van der Waals surface area contributed by atoms with Crippen LogP contribution in [0.15, 0.2) is 0 Å². The van der Waals surface area contributed by atoms with E-state index in [1.807, 2.05) is 0 Å². The fourth-order valence-corrected chi connectivity index (χ4v) is 0. The summed E-state index contributed by atoms with van der Waals surface area (Å²) < 4.78 is 8.88. The number of hydrogen-bond donors (Lipinski definition) is 3. The maximum atomic E-state index is 8.88. The molecule has 40 valence electrons. The van der Waals surface area contributed by atoms with Gasteiger partial charge in [0, 0.05) is 0 Å². The van der Waals surface area contributed by atoms with E-state index >= 15 is 0 Å². The molecule has 0 unspecified atom stereocenters. The molecule has 3 N–H and O–H groups in total. The van der Waals surface area contributed by atoms with Crippen LogP contribution < -0.4 is 0 Å². The van der Waals surface area contributed by atoms with E-state index < -0.39 is 7.82 Å². The molecular formula is H3CdO4PS. The summed E-state index contributed by atoms with van der Waals surface area (Å²) in [7, 11) is -0.386. The first-order chi connectivity index (χ1) is 3.00. The Morgan fingerprint density at radius 1 is 1.29 bits per heavy atom. The zero-order chi connectivity index (χ0) is 6.50. The summed E-state index contributed by atoms with van der Waals surface area (Å²) >= 11 is 0.733. The molecule has 0 spiro atoms. The average Bonchev–Trinajstić information content (AvgIpc) is 1.36. The van der Waals surface area contributed by atoms with Crippen molar-refractivity contribution in [1.29, 1.82) is 0 Å². The van der Waals surface area contributed by atoms with Crippen LogP contribution in [0.1, 0.15) is 0 Å². The van der Waals surface area contributed by atoms with Gasteiger partial charge in [0.1, 0.15) is 0 Å². The van der Waals surface area contributed by atoms with Gasteiger partial charge in [0.2, 0.25) is 0 Å². The summed E-state index contributed by atoms with van der Waals surface area (Å²) in [4.78, 5) is 21.6. The van der Waals surface area contributed by atoms with Gasteiger partial charge in [0.15, 0.2) is 0 Å². The van der Waals surface area contributed by atoms with Crippen LogP contribution >= 0.6 is 16.5 Å². The van der Waals surface area contributed by atoms with Gasteiger partial charge in [-0.25, -0.2) is 4.57 Å². The number of hydrogen-bond acceptors (Lipinski definition) is 2. The molecule has 0 bridgehead atoms. The molecule has 0 aromatic carbocycles. The van der Waals surface area contributed by atoms with Crippen molar-refractivity contribution in [1.82, 2.24) is 0 Å². The molecule has 0 aliphatic heterocycles. The molecule has 7 heavy (non-hydrogen) atoms. The van der Waals surface area contributed by atoms with E-state index in [0.29, 0.717) is 0 Å². The van der Waals surface area contributed by atoms with Crippen LogP contribution in [0, 0.1) is 0 Å². The van der Waals surface area contributed by atoms with Crippen molar-refractivity contribution >= 4 is 16.5 Å². The molecule has 4 nitrogen and oxygen atoms in total. The predicted molar refractivity (Wildman–Crippen MR) is 21.9 cm³/mol. The van der Waals surface area contributed by atoms with Gasteiger partial charge in [-0.05, 0) is 0 Å². The molecule has 0 rings (SSSR count). The Morgan fingerprint density at radius 3 is 1.29 bits per heavy atom. The zero-order valence-electron chi connectivity index (χ0n) is 3.31. The predicted octanol–water partition coefficient (Wildman–Crippen LogP) is -0.283. The Morgan fingerprint density at radius 2 is 1.29 bits per heavy atom. The number of rotatable bonds is 0. The SMILES string of the molecule is O=P(O)(O)O.[S]=[Cd]. The van der Waals surface area contributed by atoms with E-state index in [4.69, 9.17) is 19.2 Å². The molecule has 0 saturated heterocycles. The van der Waals surface area contributed by atoms with Crippen LogP contribution in [0.3, 0.4) is 0 Å². The topological polar surface area (TPSA) is 77.8 Å². The fraction of sp³-hybridized carbons (Fsp3) is 0. The molecule has 0 saturated carbocycles. The molecule has 0 aliphatic rings. The fourth-order valence-electron chi connectivity index (χ4n) is 0. The van der Waals surface area contributed by atoms with Crippen molar-refractivity contribution < 1.29 is 42.9 Å². The van der Waals surface area contributed by atoms with Gasteiger partial charge in [-0.15, -0.1) is 0 Å². The van der Waals surface area contributed by atoms with E-state index in [9.17, 15) is 0 Å². The molecule has 0 aliphatic carbocycles. The first-order valence-corrected chi connectivity index (χ1v) is 8.16. The van der Waals surface area contributed by atoms with Crippen LogP contribution in [-0.4, -0.2) is 14.7 Å². The summed E-state index contributed by atoms with van der Waals surface area (Å²) in [5, 5.41) is 0. The minimum atomic E-state index is -4.64. The molecule has 0 heterocycles. The van der Waals surface area contributed by atoms with E-state index in [1.165, 1.54) is 0 Å². The van der Waals surface area contributed by atoms with Crippen LogP contribution in [-0.2, 0) is 28.2 Å². The van der Waals surface area contributed by atoms with Gasteiger partial charge >= 0.3 is 40.2 Å². The normalized spacial score (nSPS) is 9.29. The van der Waals surface area contributed by atoms with E-state index in [-0.39, 0.29) is 0 Å². The Bertz CT molecular complexity index is 67.5. The summed E-state index contributed by atoms with van der Waals surface area (Å²) in [6, 6.07) is 0. The Kier molecular flexibility index (Phi) is 8.55. The quantitative estimate of drug-likeness (QED) is 0.402. The third-order valence-corrected chi connectivity index (χ3v) is 0. The molecule has 0 radical (unpaired) electrons. The molecular weight excluding hydrogens is 239 g/mol. The second-order valence-corrected chi connectivity index (χ2v) is 1.54. The van der Waals surface area contributed by atoms with Crippen molar-refractivity contribution in [3.05, 3.63) is 0 Å². The standard InChI is InChI=1S/Cd.H3O4P.S/c;1-5(2,3)4;/h;(H3,1,2,3,4);. The third kappa shape index (κ3) is 128. The van der Waals surface area contributed by atoms with Crippen LogP contribution in [0.25, 0.3) is 0 Å². The van der Waals surface area contributed by atoms with Gasteiger partial charge in [-0.3, -0.25) is 0 Å². The maximum absolute atomic E-state index is 8.88. The Balaban J connectivity index is 0. The molecule has 0 aromatic rings. The molecule has 0 amide bonds. The van der Waals surface area contributed by atoms with Crippen molar-refractivity contribution in [3.63, 3.8) is 0 Å². The van der Waals surface area contributed by atoms with Crippen molar-refractivity contribution in [2.24, 2.45) is 0 Å². The summed E-state index contributed by atoms with van der Waals surface area (Å²) in [6.07, 6.45) is 0. The first-order valence-electron chi connectivity index (χ1n) is 1.07. The third-order valence-electron chi connectivity index (χ3n) is 0. The summed E-state index contributed by atoms with van der Waals surface area (Å²) in [6.45, 7) is 0. The molecule has 7 heteroatoms. The van der Waals surface area contributed by atoms with Gasteiger partial charge in [0.25, 0.3) is 0 Å². The molecule has 0 aromatic heterocycles. The van der Waals surface area contributed by atoms with Crippen molar-refractivity contribution in [3.8, 4) is 0 Å². The van der Waals surface area contributed by atoms with E-state index in [0.717, 1.165) is 23.7 Å². The average molecular weight is 242 g/mol. The van der Waals surface area contributed by atoms with E-state index in [1.54, 1.807) is 0 Å². The summed E-state index contributed by atoms with van der Waals surface area (Å²) in [5.41, 5.74) is 0. The van der Waals surface area contributed by atoms with Crippen molar-refractivity contribution in [2.45, 2.75) is 0 Å². The first kappa shape index (κ1) is 11.1. The van der Waals surface area contributed by atoms with Gasteiger partial charge < -0.3 is 14.7 Å². The Labute approximate surface area is 59.3 Å². The zero-order valence-corrected chi connectivity index (χ0v) is 9.06. The van der Waals surface area contributed by atoms with Crippen LogP contribution in [0.4, 0.5) is 0 Å². The Hall–Kier alpha value is 1.25. The molecule has 0 fully saturated rings. The van der Waals surface area contributed by atoms with Gasteiger partial charge in [-0.2, -0.15) is 0 Å². The second-order valence-electron chi connectivity index (χ2n) is 0.513. The minimum absolute atomic E-state index is 0.733. The number of phosphoric acid groups is 1. The summed E-state index contributed by atoms with van der Waals surface area (Å²) in [5.74, 6) is 0. The monoisotopic (exact) mass is 244 g/mol. The van der Waals surface area contributed by atoms with Gasteiger partial charge in [0.05, 0.1) is 0 Å². The molecule has 0 atom stereocenters. The van der Waals surface area contributed by atoms with Gasteiger partial charge in [-0.1, -0.05) is 0 Å². The van der Waals surface area contributed by atoms with Crippen molar-refractivity contribution in [2.75, 3.05) is 0 Å².